The van der Waals surface area contributed by atoms with Crippen LogP contribution in [-0.2, 0) is 11.2 Å². The molecular weight excluding hydrogens is 248 g/mol. The van der Waals surface area contributed by atoms with Crippen LogP contribution >= 0.6 is 0 Å². The van der Waals surface area contributed by atoms with Gasteiger partial charge in [0.05, 0.1) is 0 Å². The number of nitrogens with two attached hydrogens (primary N) is 1. The van der Waals surface area contributed by atoms with E-state index >= 15 is 0 Å². The smallest absolute Gasteiger partial charge is 0.224 e. The van der Waals surface area contributed by atoms with Gasteiger partial charge in [-0.3, -0.25) is 4.79 Å². The molecule has 0 unspecified atom stereocenters. The van der Waals surface area contributed by atoms with Gasteiger partial charge in [-0.2, -0.15) is 0 Å². The largest absolute Gasteiger partial charge is 0.330 e. The predicted molar refractivity (Wildman–Crippen MR) is 83.6 cm³/mol. The van der Waals surface area contributed by atoms with Gasteiger partial charge in [-0.1, -0.05) is 37.8 Å². The normalized spacial score (nSPS) is 16.6. The number of rotatable bonds is 5. The molecule has 1 fully saturated rings. The molecule has 0 aromatic heterocycles. The molecule has 1 aliphatic rings. The van der Waals surface area contributed by atoms with Crippen molar-refractivity contribution < 1.29 is 4.79 Å². The van der Waals surface area contributed by atoms with E-state index in [1.54, 1.807) is 0 Å². The van der Waals surface area contributed by atoms with E-state index in [1.165, 1.54) is 44.1 Å². The summed E-state index contributed by atoms with van der Waals surface area (Å²) in [7, 11) is 0. The van der Waals surface area contributed by atoms with Crippen molar-refractivity contribution in [2.75, 3.05) is 11.9 Å². The summed E-state index contributed by atoms with van der Waals surface area (Å²) < 4.78 is 0. The average molecular weight is 274 g/mol. The molecule has 0 heterocycles. The van der Waals surface area contributed by atoms with Crippen LogP contribution in [0.15, 0.2) is 24.3 Å². The van der Waals surface area contributed by atoms with Gasteiger partial charge in [-0.05, 0) is 49.4 Å². The van der Waals surface area contributed by atoms with Crippen molar-refractivity contribution in [2.24, 2.45) is 11.7 Å². The van der Waals surface area contributed by atoms with E-state index in [2.05, 4.69) is 5.32 Å². The molecule has 2 rings (SSSR count). The minimum absolute atomic E-state index is 0.156. The summed E-state index contributed by atoms with van der Waals surface area (Å²) in [5, 5.41) is 3.01. The Bertz CT molecular complexity index is 406. The first-order valence-electron chi connectivity index (χ1n) is 7.87. The van der Waals surface area contributed by atoms with Gasteiger partial charge in [0, 0.05) is 12.1 Å². The van der Waals surface area contributed by atoms with Crippen LogP contribution in [0.3, 0.4) is 0 Å². The second-order valence-corrected chi connectivity index (χ2v) is 5.85. The lowest BCUT2D eigenvalue weighted by molar-refractivity contribution is -0.117. The molecule has 3 N–H and O–H groups in total. The molecule has 0 saturated heterocycles. The van der Waals surface area contributed by atoms with E-state index in [9.17, 15) is 4.79 Å². The number of nitrogens with one attached hydrogen (secondary N) is 1. The molecule has 0 radical (unpaired) electrons. The summed E-state index contributed by atoms with van der Waals surface area (Å²) in [5.41, 5.74) is 7.64. The monoisotopic (exact) mass is 274 g/mol. The fraction of sp³-hybridized carbons (Fsp3) is 0.588. The zero-order chi connectivity index (χ0) is 14.2. The van der Waals surface area contributed by atoms with Crippen LogP contribution in [0.25, 0.3) is 0 Å². The lowest BCUT2D eigenvalue weighted by Crippen LogP contribution is -2.16. The summed E-state index contributed by atoms with van der Waals surface area (Å²) in [6, 6.07) is 8.01. The topological polar surface area (TPSA) is 55.1 Å². The Labute approximate surface area is 121 Å². The molecule has 0 aliphatic heterocycles. The lowest BCUT2D eigenvalue weighted by atomic mass is 9.96. The highest BCUT2D eigenvalue weighted by molar-refractivity contribution is 5.90. The highest BCUT2D eigenvalue weighted by Gasteiger charge is 2.16. The Morgan fingerprint density at radius 3 is 2.35 bits per heavy atom. The molecule has 0 spiro atoms. The quantitative estimate of drug-likeness (QED) is 0.808. The van der Waals surface area contributed by atoms with Gasteiger partial charge < -0.3 is 11.1 Å². The molecule has 20 heavy (non-hydrogen) atoms. The first-order valence-corrected chi connectivity index (χ1v) is 7.87. The van der Waals surface area contributed by atoms with Gasteiger partial charge in [0.1, 0.15) is 0 Å². The van der Waals surface area contributed by atoms with Crippen molar-refractivity contribution in [1.82, 2.24) is 0 Å². The van der Waals surface area contributed by atoms with Crippen molar-refractivity contribution in [3.63, 3.8) is 0 Å². The number of anilines is 1. The van der Waals surface area contributed by atoms with Crippen LogP contribution < -0.4 is 11.1 Å². The first kappa shape index (κ1) is 15.0. The highest BCUT2D eigenvalue weighted by atomic mass is 16.1. The average Bonchev–Trinajstić information content (AvgIpc) is 2.70. The van der Waals surface area contributed by atoms with E-state index in [0.717, 1.165) is 12.1 Å². The van der Waals surface area contributed by atoms with Gasteiger partial charge in [0.2, 0.25) is 5.91 Å². The van der Waals surface area contributed by atoms with Crippen LogP contribution in [0, 0.1) is 5.92 Å². The summed E-state index contributed by atoms with van der Waals surface area (Å²) >= 11 is 0. The van der Waals surface area contributed by atoms with Crippen LogP contribution in [0.1, 0.15) is 50.5 Å². The molecule has 1 aliphatic carbocycles. The van der Waals surface area contributed by atoms with Gasteiger partial charge in [-0.25, -0.2) is 0 Å². The second kappa shape index (κ2) is 8.05. The third kappa shape index (κ3) is 4.97. The van der Waals surface area contributed by atoms with E-state index < -0.39 is 0 Å². The molecule has 110 valence electrons. The maximum Gasteiger partial charge on any atom is 0.224 e. The van der Waals surface area contributed by atoms with Gasteiger partial charge in [-0.15, -0.1) is 0 Å². The maximum absolute atomic E-state index is 12.1. The summed E-state index contributed by atoms with van der Waals surface area (Å²) in [6.07, 6.45) is 9.21. The Kier molecular flexibility index (Phi) is 6.06. The van der Waals surface area contributed by atoms with E-state index in [0.29, 0.717) is 18.9 Å². The van der Waals surface area contributed by atoms with Crippen molar-refractivity contribution in [1.29, 1.82) is 0 Å². The van der Waals surface area contributed by atoms with E-state index in [4.69, 9.17) is 5.73 Å². The Morgan fingerprint density at radius 1 is 1.10 bits per heavy atom. The Hall–Kier alpha value is -1.35. The maximum atomic E-state index is 12.1. The third-order valence-electron chi connectivity index (χ3n) is 4.12. The second-order valence-electron chi connectivity index (χ2n) is 5.85. The zero-order valence-corrected chi connectivity index (χ0v) is 12.2. The number of amides is 1. The summed E-state index contributed by atoms with van der Waals surface area (Å²) in [5.74, 6) is 0.734. The third-order valence-corrected chi connectivity index (χ3v) is 4.12. The lowest BCUT2D eigenvalue weighted by Gasteiger charge is -2.13. The molecule has 3 heteroatoms. The molecule has 1 saturated carbocycles. The van der Waals surface area contributed by atoms with Crippen LogP contribution in [0.5, 0.6) is 0 Å². The van der Waals surface area contributed by atoms with Crippen molar-refractivity contribution in [3.8, 4) is 0 Å². The van der Waals surface area contributed by atoms with Crippen LogP contribution in [-0.4, -0.2) is 12.5 Å². The van der Waals surface area contributed by atoms with E-state index in [-0.39, 0.29) is 5.91 Å². The number of carbonyl (C=O) groups is 1. The van der Waals surface area contributed by atoms with Gasteiger partial charge >= 0.3 is 0 Å². The summed E-state index contributed by atoms with van der Waals surface area (Å²) in [6.45, 7) is 0.660. The Balaban J connectivity index is 1.81. The number of carbonyl (C=O) groups excluding carboxylic acids is 1. The van der Waals surface area contributed by atoms with E-state index in [1.807, 2.05) is 24.3 Å². The molecule has 1 aromatic rings. The molecule has 1 aromatic carbocycles. The molecule has 1 amide bonds. The predicted octanol–water partition coefficient (Wildman–Crippen LogP) is 3.49. The van der Waals surface area contributed by atoms with Crippen molar-refractivity contribution >= 4 is 11.6 Å². The molecule has 0 atom stereocenters. The van der Waals surface area contributed by atoms with Gasteiger partial charge in [0.25, 0.3) is 0 Å². The Morgan fingerprint density at radius 2 is 1.75 bits per heavy atom. The molecule has 0 bridgehead atoms. The first-order chi connectivity index (χ1) is 9.78. The fourth-order valence-electron chi connectivity index (χ4n) is 2.96. The minimum Gasteiger partial charge on any atom is -0.330 e. The highest BCUT2D eigenvalue weighted by Crippen LogP contribution is 2.25. The standard InChI is InChI=1S/C17H26N2O/c18-12-11-14-7-9-16(10-8-14)19-17(20)13-15-5-3-1-2-4-6-15/h7-10,15H,1-6,11-13,18H2,(H,19,20). The summed E-state index contributed by atoms with van der Waals surface area (Å²) in [4.78, 5) is 12.1. The number of hydrogen-bond donors (Lipinski definition) is 2. The SMILES string of the molecule is NCCc1ccc(NC(=O)CC2CCCCCC2)cc1. The zero-order valence-electron chi connectivity index (χ0n) is 12.2. The van der Waals surface area contributed by atoms with Crippen LogP contribution in [0.4, 0.5) is 5.69 Å². The number of hydrogen-bond acceptors (Lipinski definition) is 2. The molecule has 3 nitrogen and oxygen atoms in total. The van der Waals surface area contributed by atoms with Crippen LogP contribution in [0.2, 0.25) is 0 Å². The van der Waals surface area contributed by atoms with Gasteiger partial charge in [0.15, 0.2) is 0 Å². The molecular formula is C17H26N2O. The fourth-order valence-corrected chi connectivity index (χ4v) is 2.96. The minimum atomic E-state index is 0.156. The van der Waals surface area contributed by atoms with Crippen molar-refractivity contribution in [3.05, 3.63) is 29.8 Å². The van der Waals surface area contributed by atoms with Crippen molar-refractivity contribution in [2.45, 2.75) is 51.4 Å². The number of benzene rings is 1.